The highest BCUT2D eigenvalue weighted by Crippen LogP contribution is 2.30. The third-order valence-corrected chi connectivity index (χ3v) is 5.56. The Kier molecular flexibility index (Phi) is 5.62. The van der Waals surface area contributed by atoms with Crippen LogP contribution in [0.3, 0.4) is 0 Å². The SMILES string of the molecule is COc1ccc(CSc2nnc(-c3ccc(F)cc3)n2-c2ccc(C)cc2)cc1. The first-order chi connectivity index (χ1) is 14.1. The lowest BCUT2D eigenvalue weighted by molar-refractivity contribution is 0.414. The highest BCUT2D eigenvalue weighted by atomic mass is 32.2. The van der Waals surface area contributed by atoms with Crippen molar-refractivity contribution in [1.29, 1.82) is 0 Å². The van der Waals surface area contributed by atoms with Crippen LogP contribution in [0.15, 0.2) is 78.0 Å². The number of halogens is 1. The van der Waals surface area contributed by atoms with Crippen LogP contribution < -0.4 is 4.74 Å². The summed E-state index contributed by atoms with van der Waals surface area (Å²) in [5.74, 6) is 1.99. The summed E-state index contributed by atoms with van der Waals surface area (Å²) in [6.07, 6.45) is 0. The molecule has 0 spiro atoms. The van der Waals surface area contributed by atoms with Crippen LogP contribution in [0.25, 0.3) is 17.1 Å². The minimum absolute atomic E-state index is 0.274. The third kappa shape index (κ3) is 4.32. The maximum atomic E-state index is 13.4. The van der Waals surface area contributed by atoms with Crippen molar-refractivity contribution in [2.75, 3.05) is 7.11 Å². The molecule has 1 aromatic heterocycles. The Morgan fingerprint density at radius 2 is 1.59 bits per heavy atom. The van der Waals surface area contributed by atoms with Gasteiger partial charge in [0.05, 0.1) is 7.11 Å². The topological polar surface area (TPSA) is 39.9 Å². The van der Waals surface area contributed by atoms with Crippen molar-refractivity contribution in [2.24, 2.45) is 0 Å². The number of methoxy groups -OCH3 is 1. The van der Waals surface area contributed by atoms with Gasteiger partial charge in [-0.05, 0) is 61.0 Å². The Morgan fingerprint density at radius 3 is 2.24 bits per heavy atom. The molecule has 0 aliphatic rings. The Balaban J connectivity index is 1.69. The summed E-state index contributed by atoms with van der Waals surface area (Å²) in [7, 11) is 1.66. The normalized spacial score (nSPS) is 10.9. The molecular weight excluding hydrogens is 385 g/mol. The molecule has 4 aromatic rings. The van der Waals surface area contributed by atoms with E-state index in [9.17, 15) is 4.39 Å². The second-order valence-corrected chi connectivity index (χ2v) is 7.56. The summed E-state index contributed by atoms with van der Waals surface area (Å²) >= 11 is 1.61. The van der Waals surface area contributed by atoms with Crippen molar-refractivity contribution in [1.82, 2.24) is 14.8 Å². The Bertz CT molecular complexity index is 1090. The molecule has 0 aliphatic carbocycles. The van der Waals surface area contributed by atoms with Gasteiger partial charge in [0.15, 0.2) is 11.0 Å². The molecular formula is C23H20FN3OS. The molecule has 0 fully saturated rings. The molecule has 4 nitrogen and oxygen atoms in total. The Hall–Kier alpha value is -3.12. The van der Waals surface area contributed by atoms with E-state index in [0.29, 0.717) is 5.82 Å². The van der Waals surface area contributed by atoms with Crippen LogP contribution in [0.2, 0.25) is 0 Å². The van der Waals surface area contributed by atoms with Crippen LogP contribution in [0.4, 0.5) is 4.39 Å². The highest BCUT2D eigenvalue weighted by Gasteiger charge is 2.16. The van der Waals surface area contributed by atoms with Crippen LogP contribution >= 0.6 is 11.8 Å². The first kappa shape index (κ1) is 19.2. The van der Waals surface area contributed by atoms with Crippen molar-refractivity contribution in [3.63, 3.8) is 0 Å². The van der Waals surface area contributed by atoms with Gasteiger partial charge in [0.2, 0.25) is 0 Å². The molecule has 6 heteroatoms. The maximum absolute atomic E-state index is 13.4. The molecule has 1 heterocycles. The van der Waals surface area contributed by atoms with E-state index >= 15 is 0 Å². The van der Waals surface area contributed by atoms with E-state index in [0.717, 1.165) is 33.5 Å². The van der Waals surface area contributed by atoms with E-state index in [1.54, 1.807) is 31.0 Å². The zero-order valence-electron chi connectivity index (χ0n) is 16.2. The first-order valence-electron chi connectivity index (χ1n) is 9.18. The van der Waals surface area contributed by atoms with Crippen LogP contribution in [-0.4, -0.2) is 21.9 Å². The molecule has 0 saturated heterocycles. The fourth-order valence-corrected chi connectivity index (χ4v) is 3.85. The zero-order chi connectivity index (χ0) is 20.2. The number of thioether (sulfide) groups is 1. The Labute approximate surface area is 173 Å². The van der Waals surface area contributed by atoms with Crippen LogP contribution in [0.5, 0.6) is 5.75 Å². The molecule has 0 bridgehead atoms. The third-order valence-electron chi connectivity index (χ3n) is 4.55. The lowest BCUT2D eigenvalue weighted by Crippen LogP contribution is -2.00. The molecule has 0 N–H and O–H groups in total. The minimum Gasteiger partial charge on any atom is -0.497 e. The number of rotatable bonds is 6. The summed E-state index contributed by atoms with van der Waals surface area (Å²) in [6.45, 7) is 2.05. The number of hydrogen-bond donors (Lipinski definition) is 0. The largest absolute Gasteiger partial charge is 0.497 e. The number of aromatic nitrogens is 3. The van der Waals surface area contributed by atoms with Crippen LogP contribution in [0, 0.1) is 12.7 Å². The number of hydrogen-bond acceptors (Lipinski definition) is 4. The summed E-state index contributed by atoms with van der Waals surface area (Å²) < 4.78 is 20.6. The van der Waals surface area contributed by atoms with Crippen molar-refractivity contribution >= 4 is 11.8 Å². The summed E-state index contributed by atoms with van der Waals surface area (Å²) in [6, 6.07) is 22.5. The fraction of sp³-hybridized carbons (Fsp3) is 0.130. The van der Waals surface area contributed by atoms with Crippen molar-refractivity contribution in [3.05, 3.63) is 89.7 Å². The molecule has 0 unspecified atom stereocenters. The lowest BCUT2D eigenvalue weighted by atomic mass is 10.2. The molecule has 0 radical (unpaired) electrons. The number of nitrogens with zero attached hydrogens (tertiary/aromatic N) is 3. The van der Waals surface area contributed by atoms with Gasteiger partial charge >= 0.3 is 0 Å². The van der Waals surface area contributed by atoms with Gasteiger partial charge in [-0.1, -0.05) is 41.6 Å². The standard InChI is InChI=1S/C23H20FN3OS/c1-16-3-11-20(12-4-16)27-22(18-7-9-19(24)10-8-18)25-26-23(27)29-15-17-5-13-21(28-2)14-6-17/h3-14H,15H2,1-2H3. The van der Waals surface area contributed by atoms with Crippen LogP contribution in [0.1, 0.15) is 11.1 Å². The van der Waals surface area contributed by atoms with Gasteiger partial charge in [-0.2, -0.15) is 0 Å². The lowest BCUT2D eigenvalue weighted by Gasteiger charge is -2.11. The summed E-state index contributed by atoms with van der Waals surface area (Å²) in [5, 5.41) is 9.61. The van der Waals surface area contributed by atoms with Gasteiger partial charge in [0.1, 0.15) is 11.6 Å². The molecule has 3 aromatic carbocycles. The second-order valence-electron chi connectivity index (χ2n) is 6.62. The van der Waals surface area contributed by atoms with E-state index < -0.39 is 0 Å². The van der Waals surface area contributed by atoms with Crippen LogP contribution in [-0.2, 0) is 5.75 Å². The Morgan fingerprint density at radius 1 is 0.897 bits per heavy atom. The van der Waals surface area contributed by atoms with E-state index in [2.05, 4.69) is 29.3 Å². The second kappa shape index (κ2) is 8.49. The van der Waals surface area contributed by atoms with Gasteiger partial charge in [0, 0.05) is 17.0 Å². The summed E-state index contributed by atoms with van der Waals surface area (Å²) in [4.78, 5) is 0. The molecule has 0 aliphatic heterocycles. The highest BCUT2D eigenvalue weighted by molar-refractivity contribution is 7.98. The molecule has 4 rings (SSSR count). The first-order valence-corrected chi connectivity index (χ1v) is 10.2. The molecule has 0 atom stereocenters. The minimum atomic E-state index is -0.274. The predicted octanol–water partition coefficient (Wildman–Crippen LogP) is 5.68. The predicted molar refractivity (Wildman–Crippen MR) is 114 cm³/mol. The number of aryl methyl sites for hydroxylation is 1. The van der Waals surface area contributed by atoms with E-state index in [1.807, 2.05) is 41.0 Å². The van der Waals surface area contributed by atoms with E-state index in [4.69, 9.17) is 4.74 Å². The van der Waals surface area contributed by atoms with Crippen molar-refractivity contribution < 1.29 is 9.13 Å². The average molecular weight is 405 g/mol. The molecule has 146 valence electrons. The van der Waals surface area contributed by atoms with Crippen molar-refractivity contribution in [3.8, 4) is 22.8 Å². The van der Waals surface area contributed by atoms with E-state index in [1.165, 1.54) is 17.7 Å². The quantitative estimate of drug-likeness (QED) is 0.387. The average Bonchev–Trinajstić information content (AvgIpc) is 3.17. The smallest absolute Gasteiger partial charge is 0.196 e. The molecule has 29 heavy (non-hydrogen) atoms. The van der Waals surface area contributed by atoms with Gasteiger partial charge in [-0.15, -0.1) is 10.2 Å². The molecule has 0 amide bonds. The van der Waals surface area contributed by atoms with Gasteiger partial charge in [0.25, 0.3) is 0 Å². The summed E-state index contributed by atoms with van der Waals surface area (Å²) in [5.41, 5.74) is 4.13. The van der Waals surface area contributed by atoms with Gasteiger partial charge < -0.3 is 4.74 Å². The fourth-order valence-electron chi connectivity index (χ4n) is 2.95. The number of ether oxygens (including phenoxy) is 1. The van der Waals surface area contributed by atoms with E-state index in [-0.39, 0.29) is 5.82 Å². The molecule has 0 saturated carbocycles. The van der Waals surface area contributed by atoms with Crippen molar-refractivity contribution in [2.45, 2.75) is 17.8 Å². The maximum Gasteiger partial charge on any atom is 0.196 e. The number of benzene rings is 3. The zero-order valence-corrected chi connectivity index (χ0v) is 17.0. The monoisotopic (exact) mass is 405 g/mol. The van der Waals surface area contributed by atoms with Gasteiger partial charge in [-0.3, -0.25) is 4.57 Å². The van der Waals surface area contributed by atoms with Gasteiger partial charge in [-0.25, -0.2) is 4.39 Å².